The van der Waals surface area contributed by atoms with Gasteiger partial charge in [0.2, 0.25) is 0 Å². The van der Waals surface area contributed by atoms with E-state index in [-0.39, 0.29) is 8.95 Å². The van der Waals surface area contributed by atoms with Crippen LogP contribution in [0.5, 0.6) is 0 Å². The Balaban J connectivity index is 4.28. The number of alkyl halides is 1. The second kappa shape index (κ2) is 7.19. The number of rotatable bonds is 4. The molecule has 0 rings (SSSR count). The molecule has 0 spiro atoms. The molecule has 0 saturated heterocycles. The average Bonchev–Trinajstić information content (AvgIpc) is 2.05. The summed E-state index contributed by atoms with van der Waals surface area (Å²) in [4.78, 5) is 15.0. The standard InChI is InChI=1S/C7H11IN2O2S/c1-2-12-6(11)5(3-9)4-10-7(8)13/h3-4,7,13H,2,9H2,1H3/b5-3+,10-4?. The molecule has 0 aromatic rings. The molecule has 0 fully saturated rings. The van der Waals surface area contributed by atoms with E-state index >= 15 is 0 Å². The van der Waals surface area contributed by atoms with Crippen LogP contribution in [-0.2, 0) is 9.53 Å². The monoisotopic (exact) mass is 314 g/mol. The van der Waals surface area contributed by atoms with E-state index in [1.54, 1.807) is 6.92 Å². The first-order chi connectivity index (χ1) is 6.11. The number of ether oxygens (including phenoxy) is 1. The highest BCUT2D eigenvalue weighted by Crippen LogP contribution is 2.06. The van der Waals surface area contributed by atoms with E-state index in [9.17, 15) is 4.79 Å². The number of nitrogens with two attached hydrogens (primary N) is 1. The molecule has 0 heterocycles. The lowest BCUT2D eigenvalue weighted by atomic mass is 10.3. The Kier molecular flexibility index (Phi) is 7.06. The number of halogens is 1. The molecule has 6 heteroatoms. The highest BCUT2D eigenvalue weighted by molar-refractivity contribution is 14.1. The molecule has 4 nitrogen and oxygen atoms in total. The molecule has 0 aromatic carbocycles. The Hall–Kier alpha value is -0.240. The Morgan fingerprint density at radius 3 is 2.85 bits per heavy atom. The Bertz CT molecular complexity index is 229. The van der Waals surface area contributed by atoms with Gasteiger partial charge in [-0.15, -0.1) is 12.6 Å². The summed E-state index contributed by atoms with van der Waals surface area (Å²) in [6, 6.07) is 0. The summed E-state index contributed by atoms with van der Waals surface area (Å²) < 4.78 is 4.53. The maximum absolute atomic E-state index is 11.1. The molecule has 1 atom stereocenters. The highest BCUT2D eigenvalue weighted by Gasteiger charge is 2.06. The van der Waals surface area contributed by atoms with E-state index in [4.69, 9.17) is 10.5 Å². The van der Waals surface area contributed by atoms with Crippen LogP contribution in [-0.4, -0.2) is 22.2 Å². The number of aliphatic imine (C=N–C) groups is 1. The van der Waals surface area contributed by atoms with Gasteiger partial charge in [0.25, 0.3) is 0 Å². The van der Waals surface area contributed by atoms with Crippen molar-refractivity contribution in [2.45, 2.75) is 10.3 Å². The van der Waals surface area contributed by atoms with Crippen LogP contribution in [0.1, 0.15) is 6.92 Å². The van der Waals surface area contributed by atoms with Gasteiger partial charge in [-0.2, -0.15) is 0 Å². The quantitative estimate of drug-likeness (QED) is 0.155. The first kappa shape index (κ1) is 12.8. The topological polar surface area (TPSA) is 64.7 Å². The summed E-state index contributed by atoms with van der Waals surface area (Å²) in [6.45, 7) is 2.04. The zero-order valence-electron chi connectivity index (χ0n) is 7.11. The van der Waals surface area contributed by atoms with Crippen LogP contribution < -0.4 is 5.73 Å². The lowest BCUT2D eigenvalue weighted by Gasteiger charge is -2.00. The summed E-state index contributed by atoms with van der Waals surface area (Å²) in [7, 11) is 0. The maximum Gasteiger partial charge on any atom is 0.341 e. The Labute approximate surface area is 96.2 Å². The van der Waals surface area contributed by atoms with Crippen molar-refractivity contribution < 1.29 is 9.53 Å². The van der Waals surface area contributed by atoms with Crippen LogP contribution in [0.2, 0.25) is 0 Å². The minimum Gasteiger partial charge on any atom is -0.462 e. The maximum atomic E-state index is 11.1. The normalized spacial score (nSPS) is 14.5. The minimum absolute atomic E-state index is 0.193. The van der Waals surface area contributed by atoms with Gasteiger partial charge in [-0.3, -0.25) is 4.99 Å². The van der Waals surface area contributed by atoms with Gasteiger partial charge in [-0.1, -0.05) is 0 Å². The molecule has 74 valence electrons. The lowest BCUT2D eigenvalue weighted by Crippen LogP contribution is -2.10. The van der Waals surface area contributed by atoms with Crippen molar-refractivity contribution >= 4 is 47.4 Å². The number of thiol groups is 1. The van der Waals surface area contributed by atoms with Crippen molar-refractivity contribution in [2.75, 3.05) is 6.61 Å². The van der Waals surface area contributed by atoms with Crippen molar-refractivity contribution in [3.63, 3.8) is 0 Å². The van der Waals surface area contributed by atoms with Crippen LogP contribution in [0.15, 0.2) is 16.8 Å². The highest BCUT2D eigenvalue weighted by atomic mass is 127. The molecule has 0 radical (unpaired) electrons. The van der Waals surface area contributed by atoms with Crippen LogP contribution in [0.4, 0.5) is 0 Å². The fourth-order valence-corrected chi connectivity index (χ4v) is 0.747. The minimum atomic E-state index is -0.473. The van der Waals surface area contributed by atoms with Crippen LogP contribution >= 0.6 is 35.2 Å². The second-order valence-electron chi connectivity index (χ2n) is 1.93. The van der Waals surface area contributed by atoms with Gasteiger partial charge in [-0.05, 0) is 29.5 Å². The third-order valence-corrected chi connectivity index (χ3v) is 1.48. The smallest absolute Gasteiger partial charge is 0.341 e. The average molecular weight is 314 g/mol. The number of esters is 1. The van der Waals surface area contributed by atoms with Gasteiger partial charge < -0.3 is 10.5 Å². The van der Waals surface area contributed by atoms with Crippen molar-refractivity contribution in [1.82, 2.24) is 0 Å². The van der Waals surface area contributed by atoms with Gasteiger partial charge in [0.15, 0.2) is 0 Å². The summed E-state index contributed by atoms with van der Waals surface area (Å²) in [5, 5.41) is 0. The number of hydrogen-bond acceptors (Lipinski definition) is 5. The van der Waals surface area contributed by atoms with Crippen molar-refractivity contribution in [2.24, 2.45) is 10.7 Å². The summed E-state index contributed by atoms with van der Waals surface area (Å²) >= 11 is 5.98. The molecule has 0 saturated carbocycles. The molecule has 0 aliphatic heterocycles. The van der Waals surface area contributed by atoms with Crippen molar-refractivity contribution in [1.29, 1.82) is 0 Å². The van der Waals surface area contributed by atoms with Gasteiger partial charge in [0, 0.05) is 12.4 Å². The zero-order valence-corrected chi connectivity index (χ0v) is 10.2. The number of hydrogen-bond donors (Lipinski definition) is 2. The van der Waals surface area contributed by atoms with Crippen molar-refractivity contribution in [3.8, 4) is 0 Å². The van der Waals surface area contributed by atoms with E-state index in [0.717, 1.165) is 6.20 Å². The van der Waals surface area contributed by atoms with E-state index in [2.05, 4.69) is 17.6 Å². The van der Waals surface area contributed by atoms with Gasteiger partial charge in [-0.25, -0.2) is 4.79 Å². The van der Waals surface area contributed by atoms with E-state index in [1.165, 1.54) is 6.21 Å². The number of carbonyl (C=O) groups is 1. The molecule has 2 N–H and O–H groups in total. The van der Waals surface area contributed by atoms with Crippen LogP contribution in [0, 0.1) is 0 Å². The third kappa shape index (κ3) is 5.92. The zero-order chi connectivity index (χ0) is 10.3. The predicted molar refractivity (Wildman–Crippen MR) is 64.2 cm³/mol. The number of carbonyl (C=O) groups excluding carboxylic acids is 1. The molecule has 0 amide bonds. The first-order valence-corrected chi connectivity index (χ1v) is 5.32. The molecule has 1 unspecified atom stereocenters. The summed E-state index contributed by atoms with van der Waals surface area (Å²) in [6.07, 6.45) is 2.51. The predicted octanol–water partition coefficient (Wildman–Crippen LogP) is 1.11. The Morgan fingerprint density at radius 1 is 1.85 bits per heavy atom. The van der Waals surface area contributed by atoms with E-state index in [0.29, 0.717) is 6.61 Å². The summed E-state index contributed by atoms with van der Waals surface area (Å²) in [5.74, 6) is -0.473. The Morgan fingerprint density at radius 2 is 2.46 bits per heavy atom. The fraction of sp³-hybridized carbons (Fsp3) is 0.429. The van der Waals surface area contributed by atoms with E-state index in [1.807, 2.05) is 22.6 Å². The van der Waals surface area contributed by atoms with Gasteiger partial charge in [0.1, 0.15) is 3.38 Å². The lowest BCUT2D eigenvalue weighted by molar-refractivity contribution is -0.137. The second-order valence-corrected chi connectivity index (χ2v) is 4.59. The third-order valence-electron chi connectivity index (χ3n) is 1.03. The van der Waals surface area contributed by atoms with E-state index < -0.39 is 5.97 Å². The molecule has 0 aromatic heterocycles. The van der Waals surface area contributed by atoms with Gasteiger partial charge >= 0.3 is 5.97 Å². The van der Waals surface area contributed by atoms with Crippen LogP contribution in [0.25, 0.3) is 0 Å². The largest absolute Gasteiger partial charge is 0.462 e. The summed E-state index contributed by atoms with van der Waals surface area (Å²) in [5.41, 5.74) is 5.44. The molecule has 0 aliphatic rings. The molecular weight excluding hydrogens is 303 g/mol. The SMILES string of the molecule is CCOC(=O)/C(C=NC(S)I)=C/N. The molecule has 0 aliphatic carbocycles. The number of nitrogens with zero attached hydrogens (tertiary/aromatic N) is 1. The van der Waals surface area contributed by atoms with Crippen molar-refractivity contribution in [3.05, 3.63) is 11.8 Å². The fourth-order valence-electron chi connectivity index (χ4n) is 0.520. The first-order valence-electron chi connectivity index (χ1n) is 3.56. The van der Waals surface area contributed by atoms with Crippen LogP contribution in [0.3, 0.4) is 0 Å². The molecule has 0 bridgehead atoms. The molecular formula is C7H11IN2O2S. The van der Waals surface area contributed by atoms with Gasteiger partial charge in [0.05, 0.1) is 12.2 Å². The molecule has 13 heavy (non-hydrogen) atoms.